The molecule has 1 aliphatic carbocycles. The summed E-state index contributed by atoms with van der Waals surface area (Å²) in [5.74, 6) is 0.456. The third-order valence-electron chi connectivity index (χ3n) is 6.00. The average molecular weight is 394 g/mol. The number of hydrogen-bond acceptors (Lipinski definition) is 2. The maximum Gasteiger partial charge on any atom is 0.242 e. The van der Waals surface area contributed by atoms with E-state index in [1.807, 2.05) is 23.1 Å². The van der Waals surface area contributed by atoms with Crippen LogP contribution in [0.4, 0.5) is 4.39 Å². The quantitative estimate of drug-likeness (QED) is 0.606. The molecule has 0 spiro atoms. The molecule has 0 atom stereocenters. The van der Waals surface area contributed by atoms with Crippen molar-refractivity contribution in [2.45, 2.75) is 31.2 Å². The number of guanidine groups is 1. The molecule has 1 amide bonds. The fraction of sp³-hybridized carbons (Fsp3) is 0.391. The Hall–Kier alpha value is -2.89. The van der Waals surface area contributed by atoms with Crippen molar-refractivity contribution in [3.8, 4) is 0 Å². The molecule has 1 aliphatic heterocycles. The minimum absolute atomic E-state index is 0.0414. The van der Waals surface area contributed by atoms with Gasteiger partial charge >= 0.3 is 0 Å². The van der Waals surface area contributed by atoms with Gasteiger partial charge in [-0.15, -0.1) is 0 Å². The van der Waals surface area contributed by atoms with Crippen molar-refractivity contribution >= 4 is 11.9 Å². The number of carbonyl (C=O) groups is 1. The highest BCUT2D eigenvalue weighted by atomic mass is 19.1. The number of aliphatic imine (C=N–C) groups is 1. The van der Waals surface area contributed by atoms with E-state index in [4.69, 9.17) is 0 Å². The predicted molar refractivity (Wildman–Crippen MR) is 112 cm³/mol. The van der Waals surface area contributed by atoms with Crippen LogP contribution >= 0.6 is 0 Å². The summed E-state index contributed by atoms with van der Waals surface area (Å²) in [6.07, 6.45) is 2.93. The molecule has 2 aromatic carbocycles. The number of nitrogens with one attached hydrogen (secondary N) is 2. The van der Waals surface area contributed by atoms with Gasteiger partial charge in [-0.25, -0.2) is 4.39 Å². The zero-order valence-corrected chi connectivity index (χ0v) is 16.7. The Bertz CT molecular complexity index is 923. The first kappa shape index (κ1) is 19.4. The summed E-state index contributed by atoms with van der Waals surface area (Å²) in [5.41, 5.74) is 3.53. The fourth-order valence-corrected chi connectivity index (χ4v) is 3.99. The normalized spacial score (nSPS) is 17.4. The van der Waals surface area contributed by atoms with Crippen molar-refractivity contribution in [2.75, 3.05) is 26.7 Å². The van der Waals surface area contributed by atoms with Crippen molar-refractivity contribution in [3.05, 3.63) is 71.0 Å². The zero-order valence-electron chi connectivity index (χ0n) is 16.7. The Kier molecular flexibility index (Phi) is 5.51. The topological polar surface area (TPSA) is 56.7 Å². The predicted octanol–water partition coefficient (Wildman–Crippen LogP) is 2.61. The molecule has 0 aromatic heterocycles. The number of hydrogen-bond donors (Lipinski definition) is 2. The van der Waals surface area contributed by atoms with E-state index in [1.54, 1.807) is 19.2 Å². The molecular formula is C23H27FN4O. The molecule has 29 heavy (non-hydrogen) atoms. The Morgan fingerprint density at radius 2 is 1.93 bits per heavy atom. The molecule has 2 N–H and O–H groups in total. The molecule has 2 aromatic rings. The number of amides is 1. The molecule has 6 heteroatoms. The third-order valence-corrected chi connectivity index (χ3v) is 6.00. The Morgan fingerprint density at radius 1 is 1.14 bits per heavy atom. The van der Waals surface area contributed by atoms with Gasteiger partial charge < -0.3 is 15.5 Å². The van der Waals surface area contributed by atoms with Gasteiger partial charge in [0.15, 0.2) is 5.96 Å². The zero-order chi connectivity index (χ0) is 20.3. The van der Waals surface area contributed by atoms with Crippen LogP contribution in [-0.2, 0) is 23.2 Å². The lowest BCUT2D eigenvalue weighted by Crippen LogP contribution is -2.47. The van der Waals surface area contributed by atoms with Crippen molar-refractivity contribution in [3.63, 3.8) is 0 Å². The van der Waals surface area contributed by atoms with E-state index in [0.717, 1.165) is 31.4 Å². The summed E-state index contributed by atoms with van der Waals surface area (Å²) in [6.45, 7) is 2.27. The second-order valence-electron chi connectivity index (χ2n) is 7.90. The molecule has 0 radical (unpaired) electrons. The van der Waals surface area contributed by atoms with E-state index in [-0.39, 0.29) is 23.7 Å². The Morgan fingerprint density at radius 3 is 2.66 bits per heavy atom. The fourth-order valence-electron chi connectivity index (χ4n) is 3.99. The average Bonchev–Trinajstić information content (AvgIpc) is 3.54. The van der Waals surface area contributed by atoms with Crippen LogP contribution < -0.4 is 10.6 Å². The molecule has 152 valence electrons. The maximum absolute atomic E-state index is 13.6. The largest absolute Gasteiger partial charge is 0.356 e. The van der Waals surface area contributed by atoms with E-state index in [1.165, 1.54) is 17.2 Å². The molecular weight excluding hydrogens is 367 g/mol. The van der Waals surface area contributed by atoms with Gasteiger partial charge in [0.25, 0.3) is 0 Å². The van der Waals surface area contributed by atoms with Gasteiger partial charge in [-0.3, -0.25) is 9.79 Å². The highest BCUT2D eigenvalue weighted by Crippen LogP contribution is 2.47. The molecule has 5 nitrogen and oxygen atoms in total. The van der Waals surface area contributed by atoms with Crippen LogP contribution in [0.2, 0.25) is 0 Å². The van der Waals surface area contributed by atoms with Gasteiger partial charge in [-0.2, -0.15) is 0 Å². The van der Waals surface area contributed by atoms with Gasteiger partial charge in [-0.1, -0.05) is 36.4 Å². The van der Waals surface area contributed by atoms with E-state index in [9.17, 15) is 9.18 Å². The maximum atomic E-state index is 13.6. The van der Waals surface area contributed by atoms with Crippen molar-refractivity contribution < 1.29 is 9.18 Å². The number of rotatable bonds is 5. The first-order valence-corrected chi connectivity index (χ1v) is 10.1. The summed E-state index contributed by atoms with van der Waals surface area (Å²) < 4.78 is 13.6. The van der Waals surface area contributed by atoms with E-state index in [0.29, 0.717) is 19.0 Å². The first-order valence-electron chi connectivity index (χ1n) is 10.1. The first-order chi connectivity index (χ1) is 14.1. The molecule has 0 bridgehead atoms. The second kappa shape index (κ2) is 8.23. The molecule has 1 fully saturated rings. The van der Waals surface area contributed by atoms with Crippen molar-refractivity contribution in [2.24, 2.45) is 4.99 Å². The van der Waals surface area contributed by atoms with E-state index < -0.39 is 0 Å². The van der Waals surface area contributed by atoms with Gasteiger partial charge in [0.05, 0.1) is 6.54 Å². The van der Waals surface area contributed by atoms with E-state index >= 15 is 0 Å². The van der Waals surface area contributed by atoms with Crippen LogP contribution in [0.5, 0.6) is 0 Å². The standard InChI is InChI=1S/C23H27FN4O/c1-25-22(27-16-23(10-11-23)19-7-4-8-20(24)13-19)26-14-21(29)28-12-9-17-5-2-3-6-18(17)15-28/h2-8,13H,9-12,14-16H2,1H3,(H2,25,26,27). The number of carbonyl (C=O) groups excluding carboxylic acids is 1. The second-order valence-corrected chi connectivity index (χ2v) is 7.90. The molecule has 2 aliphatic rings. The Balaban J connectivity index is 1.28. The number of benzene rings is 2. The van der Waals surface area contributed by atoms with Crippen LogP contribution in [0.3, 0.4) is 0 Å². The molecule has 0 unspecified atom stereocenters. The number of nitrogens with zero attached hydrogens (tertiary/aromatic N) is 2. The third kappa shape index (κ3) is 4.42. The number of fused-ring (bicyclic) bond motifs is 1. The van der Waals surface area contributed by atoms with Crippen LogP contribution in [-0.4, -0.2) is 43.4 Å². The van der Waals surface area contributed by atoms with Gasteiger partial charge in [0.2, 0.25) is 5.91 Å². The molecule has 1 heterocycles. The minimum atomic E-state index is -0.204. The highest BCUT2D eigenvalue weighted by molar-refractivity contribution is 5.86. The summed E-state index contributed by atoms with van der Waals surface area (Å²) in [5, 5.41) is 6.44. The van der Waals surface area contributed by atoms with Crippen molar-refractivity contribution in [1.29, 1.82) is 0 Å². The van der Waals surface area contributed by atoms with E-state index in [2.05, 4.69) is 27.8 Å². The minimum Gasteiger partial charge on any atom is -0.356 e. The number of halogens is 1. The monoisotopic (exact) mass is 394 g/mol. The summed E-state index contributed by atoms with van der Waals surface area (Å²) >= 11 is 0. The van der Waals surface area contributed by atoms with Crippen LogP contribution in [0.25, 0.3) is 0 Å². The highest BCUT2D eigenvalue weighted by Gasteiger charge is 2.44. The van der Waals surface area contributed by atoms with Crippen LogP contribution in [0.1, 0.15) is 29.5 Å². The lowest BCUT2D eigenvalue weighted by molar-refractivity contribution is -0.130. The molecule has 1 saturated carbocycles. The summed E-state index contributed by atoms with van der Waals surface area (Å²) in [4.78, 5) is 18.8. The Labute approximate surface area is 171 Å². The van der Waals surface area contributed by atoms with Crippen LogP contribution in [0, 0.1) is 5.82 Å². The van der Waals surface area contributed by atoms with Gasteiger partial charge in [0, 0.05) is 32.1 Å². The molecule has 0 saturated heterocycles. The van der Waals surface area contributed by atoms with Gasteiger partial charge in [0.1, 0.15) is 5.82 Å². The SMILES string of the molecule is CN=C(NCC(=O)N1CCc2ccccc2C1)NCC1(c2cccc(F)c2)CC1. The lowest BCUT2D eigenvalue weighted by Gasteiger charge is -2.29. The van der Waals surface area contributed by atoms with Crippen LogP contribution in [0.15, 0.2) is 53.5 Å². The van der Waals surface area contributed by atoms with Gasteiger partial charge in [-0.05, 0) is 48.1 Å². The smallest absolute Gasteiger partial charge is 0.242 e. The summed E-state index contributed by atoms with van der Waals surface area (Å²) in [7, 11) is 1.69. The molecule has 4 rings (SSSR count). The van der Waals surface area contributed by atoms with Crippen molar-refractivity contribution in [1.82, 2.24) is 15.5 Å². The lowest BCUT2D eigenvalue weighted by atomic mass is 9.96. The summed E-state index contributed by atoms with van der Waals surface area (Å²) in [6, 6.07) is 15.1.